The van der Waals surface area contributed by atoms with E-state index in [0.29, 0.717) is 20.9 Å². The maximum Gasteiger partial charge on any atom is 0.229 e. The lowest BCUT2D eigenvalue weighted by Gasteiger charge is -2.26. The molecule has 0 fully saturated rings. The number of carbonyl (C=O) groups is 1. The molecule has 1 heterocycles. The number of benzene rings is 2. The largest absolute Gasteiger partial charge is 0.755 e. The van der Waals surface area contributed by atoms with Crippen LogP contribution in [0.4, 0.5) is 25.8 Å². The molecule has 3 aromatic rings. The molecule has 2 N–H and O–H groups in total. The number of H-pyrrole nitrogens is 1. The molecule has 0 bridgehead atoms. The van der Waals surface area contributed by atoms with Crippen LogP contribution in [0.15, 0.2) is 42.6 Å². The van der Waals surface area contributed by atoms with Crippen LogP contribution < -0.4 is 9.62 Å². The first-order valence-corrected chi connectivity index (χ1v) is 9.38. The van der Waals surface area contributed by atoms with Crippen molar-refractivity contribution in [1.29, 1.82) is 0 Å². The van der Waals surface area contributed by atoms with Crippen molar-refractivity contribution >= 4 is 45.1 Å². The fourth-order valence-corrected chi connectivity index (χ4v) is 3.22. The number of fused-ring (bicyclic) bond motifs is 1. The molecule has 148 valence electrons. The van der Waals surface area contributed by atoms with E-state index in [-0.39, 0.29) is 11.6 Å². The summed E-state index contributed by atoms with van der Waals surface area (Å²) in [5.41, 5.74) is 0.156. The average molecular weight is 406 g/mol. The molecule has 0 saturated carbocycles. The van der Waals surface area contributed by atoms with Crippen LogP contribution in [0, 0.1) is 17.0 Å². The monoisotopic (exact) mass is 406 g/mol. The SMILES string of the molecule is CC(C)(C)C(=O)Nc1ccc2c(N(c3cc(F)ccc3F)S(=O)[O-])c[nH]c2c1. The third-order valence-electron chi connectivity index (χ3n) is 4.09. The van der Waals surface area contributed by atoms with Crippen molar-refractivity contribution < 1.29 is 22.3 Å². The van der Waals surface area contributed by atoms with Gasteiger partial charge in [-0.05, 0) is 30.3 Å². The molecule has 1 atom stereocenters. The summed E-state index contributed by atoms with van der Waals surface area (Å²) in [5.74, 6) is -1.82. The van der Waals surface area contributed by atoms with E-state index in [0.717, 1.165) is 18.2 Å². The van der Waals surface area contributed by atoms with E-state index in [4.69, 9.17) is 0 Å². The Morgan fingerprint density at radius 1 is 1.14 bits per heavy atom. The highest BCUT2D eigenvalue weighted by Crippen LogP contribution is 2.36. The zero-order chi connectivity index (χ0) is 20.6. The van der Waals surface area contributed by atoms with Gasteiger partial charge in [0.1, 0.15) is 11.6 Å². The van der Waals surface area contributed by atoms with E-state index in [9.17, 15) is 22.3 Å². The molecule has 9 heteroatoms. The van der Waals surface area contributed by atoms with E-state index in [1.54, 1.807) is 39.0 Å². The Bertz CT molecular complexity index is 1080. The normalized spacial score (nSPS) is 12.8. The number of carbonyl (C=O) groups excluding carboxylic acids is 1. The maximum absolute atomic E-state index is 14.2. The van der Waals surface area contributed by atoms with Crippen LogP contribution in [0.25, 0.3) is 10.9 Å². The first kappa shape index (κ1) is 20.0. The van der Waals surface area contributed by atoms with E-state index in [1.807, 2.05) is 0 Å². The second-order valence-corrected chi connectivity index (χ2v) is 8.04. The van der Waals surface area contributed by atoms with Crippen LogP contribution in [0.3, 0.4) is 0 Å². The Morgan fingerprint density at radius 3 is 2.50 bits per heavy atom. The van der Waals surface area contributed by atoms with Gasteiger partial charge in [0, 0.05) is 34.3 Å². The van der Waals surface area contributed by atoms with E-state index >= 15 is 0 Å². The minimum absolute atomic E-state index is 0.126. The van der Waals surface area contributed by atoms with Crippen LogP contribution >= 0.6 is 0 Å². The van der Waals surface area contributed by atoms with Crippen LogP contribution in [0.2, 0.25) is 0 Å². The van der Waals surface area contributed by atoms with Gasteiger partial charge < -0.3 is 14.9 Å². The van der Waals surface area contributed by atoms with Crippen molar-refractivity contribution in [2.45, 2.75) is 20.8 Å². The molecule has 0 saturated heterocycles. The fraction of sp³-hybridized carbons (Fsp3) is 0.211. The zero-order valence-electron chi connectivity index (χ0n) is 15.4. The number of nitrogens with zero attached hydrogens (tertiary/aromatic N) is 1. The Morgan fingerprint density at radius 2 is 1.86 bits per heavy atom. The van der Waals surface area contributed by atoms with Crippen molar-refractivity contribution in [3.63, 3.8) is 0 Å². The van der Waals surface area contributed by atoms with Crippen LogP contribution in [-0.2, 0) is 16.1 Å². The summed E-state index contributed by atoms with van der Waals surface area (Å²) in [5, 5.41) is 3.24. The van der Waals surface area contributed by atoms with E-state index in [1.165, 1.54) is 6.20 Å². The van der Waals surface area contributed by atoms with Crippen molar-refractivity contribution in [1.82, 2.24) is 4.98 Å². The highest BCUT2D eigenvalue weighted by Gasteiger charge is 2.22. The predicted molar refractivity (Wildman–Crippen MR) is 104 cm³/mol. The Hall–Kier alpha value is -2.78. The number of amides is 1. The summed E-state index contributed by atoms with van der Waals surface area (Å²) >= 11 is -2.90. The first-order chi connectivity index (χ1) is 13.1. The van der Waals surface area contributed by atoms with Crippen molar-refractivity contribution in [3.05, 3.63) is 54.2 Å². The Balaban J connectivity index is 2.04. The van der Waals surface area contributed by atoms with Gasteiger partial charge >= 0.3 is 0 Å². The number of hydrogen-bond donors (Lipinski definition) is 2. The molecule has 0 aliphatic carbocycles. The highest BCUT2D eigenvalue weighted by molar-refractivity contribution is 7.81. The lowest BCUT2D eigenvalue weighted by molar-refractivity contribution is -0.123. The fourth-order valence-electron chi connectivity index (χ4n) is 2.61. The topological polar surface area (TPSA) is 88.3 Å². The number of aromatic amines is 1. The van der Waals surface area contributed by atoms with E-state index in [2.05, 4.69) is 10.3 Å². The van der Waals surface area contributed by atoms with Gasteiger partial charge in [0.2, 0.25) is 5.91 Å². The molecule has 0 radical (unpaired) electrons. The van der Waals surface area contributed by atoms with Gasteiger partial charge in [0.05, 0.1) is 22.6 Å². The van der Waals surface area contributed by atoms with E-state index < -0.39 is 34.0 Å². The lowest BCUT2D eigenvalue weighted by Crippen LogP contribution is -2.27. The molecule has 6 nitrogen and oxygen atoms in total. The minimum atomic E-state index is -2.90. The van der Waals surface area contributed by atoms with Gasteiger partial charge in [-0.25, -0.2) is 8.78 Å². The molecule has 1 amide bonds. The van der Waals surface area contributed by atoms with Gasteiger partial charge in [0.15, 0.2) is 0 Å². The molecular weight excluding hydrogens is 388 g/mol. The molecule has 1 aromatic heterocycles. The molecule has 2 aromatic carbocycles. The zero-order valence-corrected chi connectivity index (χ0v) is 16.2. The second kappa shape index (κ2) is 7.33. The third kappa shape index (κ3) is 3.90. The first-order valence-electron chi connectivity index (χ1n) is 8.35. The van der Waals surface area contributed by atoms with Gasteiger partial charge in [-0.1, -0.05) is 20.8 Å². The summed E-state index contributed by atoms with van der Waals surface area (Å²) in [7, 11) is 0. The molecular formula is C19H18F2N3O3S-. The molecule has 28 heavy (non-hydrogen) atoms. The number of hydrogen-bond acceptors (Lipinski definition) is 3. The van der Waals surface area contributed by atoms with Crippen LogP contribution in [0.1, 0.15) is 20.8 Å². The standard InChI is InChI=1S/C19H19F2N3O3S/c1-19(2,3)18(25)23-12-5-6-13-15(9-12)22-10-17(13)24(28(26)27)16-8-11(20)4-7-14(16)21/h4-10,22H,1-3H3,(H,23,25)(H,26,27)/p-1. The second-order valence-electron chi connectivity index (χ2n) is 7.25. The summed E-state index contributed by atoms with van der Waals surface area (Å²) in [6.45, 7) is 5.34. The Kier molecular flexibility index (Phi) is 5.22. The summed E-state index contributed by atoms with van der Waals surface area (Å²) in [6.07, 6.45) is 1.38. The van der Waals surface area contributed by atoms with Gasteiger partial charge in [0.25, 0.3) is 0 Å². The summed E-state index contributed by atoms with van der Waals surface area (Å²) < 4.78 is 52.0. The van der Waals surface area contributed by atoms with Gasteiger partial charge in [-0.2, -0.15) is 0 Å². The number of anilines is 3. The summed E-state index contributed by atoms with van der Waals surface area (Å²) in [4.78, 5) is 15.0. The van der Waals surface area contributed by atoms with Crippen LogP contribution in [-0.4, -0.2) is 19.7 Å². The third-order valence-corrected chi connectivity index (χ3v) is 4.79. The van der Waals surface area contributed by atoms with Crippen molar-refractivity contribution in [2.75, 3.05) is 9.62 Å². The van der Waals surface area contributed by atoms with Crippen LogP contribution in [0.5, 0.6) is 0 Å². The number of nitrogens with one attached hydrogen (secondary N) is 2. The average Bonchev–Trinajstić information content (AvgIpc) is 3.00. The Labute approximate surface area is 163 Å². The number of halogens is 2. The highest BCUT2D eigenvalue weighted by atomic mass is 32.2. The number of aromatic nitrogens is 1. The minimum Gasteiger partial charge on any atom is -0.755 e. The molecule has 0 aliphatic rings. The summed E-state index contributed by atoms with van der Waals surface area (Å²) in [6, 6.07) is 7.41. The quantitative estimate of drug-likeness (QED) is 0.631. The van der Waals surface area contributed by atoms with Crippen molar-refractivity contribution in [2.24, 2.45) is 5.41 Å². The lowest BCUT2D eigenvalue weighted by atomic mass is 9.95. The smallest absolute Gasteiger partial charge is 0.229 e. The van der Waals surface area contributed by atoms with Gasteiger partial charge in [-0.3, -0.25) is 13.3 Å². The maximum atomic E-state index is 14.2. The molecule has 0 spiro atoms. The number of rotatable bonds is 4. The molecule has 3 rings (SSSR count). The predicted octanol–water partition coefficient (Wildman–Crippen LogP) is 4.36. The molecule has 1 unspecified atom stereocenters. The molecule has 0 aliphatic heterocycles. The van der Waals surface area contributed by atoms with Gasteiger partial charge in [-0.15, -0.1) is 0 Å². The van der Waals surface area contributed by atoms with Crippen molar-refractivity contribution in [3.8, 4) is 0 Å².